The molecule has 1 heterocycles. The van der Waals surface area contributed by atoms with Gasteiger partial charge in [0.15, 0.2) is 0 Å². The van der Waals surface area contributed by atoms with Crippen molar-refractivity contribution in [3.63, 3.8) is 0 Å². The first-order valence-corrected chi connectivity index (χ1v) is 5.48. The van der Waals surface area contributed by atoms with Gasteiger partial charge in [0.05, 0.1) is 27.7 Å². The highest BCUT2D eigenvalue weighted by atomic mass is 79.9. The number of nitrogens with one attached hydrogen (secondary N) is 1. The number of hydrogen-bond acceptors (Lipinski definition) is 3. The molecule has 0 atom stereocenters. The van der Waals surface area contributed by atoms with E-state index in [4.69, 9.17) is 5.73 Å². The Morgan fingerprint density at radius 3 is 2.65 bits per heavy atom. The quantitative estimate of drug-likeness (QED) is 0.835. The van der Waals surface area contributed by atoms with Gasteiger partial charge in [-0.3, -0.25) is 4.98 Å². The summed E-state index contributed by atoms with van der Waals surface area (Å²) >= 11 is 2.99. The molecular weight excluding hydrogens is 292 g/mol. The van der Waals surface area contributed by atoms with E-state index in [0.29, 0.717) is 11.4 Å². The Kier molecular flexibility index (Phi) is 3.23. The van der Waals surface area contributed by atoms with Crippen molar-refractivity contribution in [2.24, 2.45) is 0 Å². The zero-order valence-electron chi connectivity index (χ0n) is 8.55. The van der Waals surface area contributed by atoms with Crippen LogP contribution < -0.4 is 11.1 Å². The van der Waals surface area contributed by atoms with Crippen LogP contribution in [-0.4, -0.2) is 4.98 Å². The van der Waals surface area contributed by atoms with Gasteiger partial charge in [-0.15, -0.1) is 0 Å². The molecule has 1 aromatic heterocycles. The Morgan fingerprint density at radius 2 is 1.94 bits per heavy atom. The minimum atomic E-state index is -0.693. The summed E-state index contributed by atoms with van der Waals surface area (Å²) < 4.78 is 26.7. The molecule has 0 unspecified atom stereocenters. The van der Waals surface area contributed by atoms with Crippen LogP contribution in [0.2, 0.25) is 0 Å². The summed E-state index contributed by atoms with van der Waals surface area (Å²) in [5.74, 6) is -1.35. The number of aromatic nitrogens is 1. The van der Waals surface area contributed by atoms with E-state index in [1.807, 2.05) is 0 Å². The molecule has 6 heteroatoms. The maximum Gasteiger partial charge on any atom is 0.149 e. The number of rotatable bonds is 2. The third-order valence-corrected chi connectivity index (χ3v) is 2.74. The van der Waals surface area contributed by atoms with Gasteiger partial charge in [0, 0.05) is 12.3 Å². The molecule has 17 heavy (non-hydrogen) atoms. The molecule has 0 bridgehead atoms. The van der Waals surface area contributed by atoms with E-state index >= 15 is 0 Å². The topological polar surface area (TPSA) is 50.9 Å². The molecule has 0 saturated carbocycles. The van der Waals surface area contributed by atoms with E-state index < -0.39 is 11.6 Å². The summed E-state index contributed by atoms with van der Waals surface area (Å²) in [6.45, 7) is 0. The summed E-state index contributed by atoms with van der Waals surface area (Å²) in [6.07, 6.45) is 2.97. The largest absolute Gasteiger partial charge is 0.396 e. The predicted molar refractivity (Wildman–Crippen MR) is 66.0 cm³/mol. The number of nitrogens with two attached hydrogens (primary N) is 1. The number of anilines is 3. The van der Waals surface area contributed by atoms with Crippen LogP contribution in [0, 0.1) is 11.6 Å². The predicted octanol–water partition coefficient (Wildman–Crippen LogP) is 3.45. The summed E-state index contributed by atoms with van der Waals surface area (Å²) in [5.41, 5.74) is 6.68. The first kappa shape index (κ1) is 11.8. The van der Waals surface area contributed by atoms with Gasteiger partial charge in [-0.1, -0.05) is 0 Å². The fourth-order valence-corrected chi connectivity index (χ4v) is 1.63. The molecule has 2 rings (SSSR count). The maximum absolute atomic E-state index is 13.5. The second-order valence-corrected chi connectivity index (χ2v) is 4.19. The lowest BCUT2D eigenvalue weighted by molar-refractivity contribution is 0.581. The lowest BCUT2D eigenvalue weighted by Crippen LogP contribution is -1.99. The molecule has 0 fully saturated rings. The van der Waals surface area contributed by atoms with E-state index in [1.165, 1.54) is 18.5 Å². The first-order valence-electron chi connectivity index (χ1n) is 4.69. The van der Waals surface area contributed by atoms with Crippen molar-refractivity contribution in [2.45, 2.75) is 0 Å². The summed E-state index contributed by atoms with van der Waals surface area (Å²) in [7, 11) is 0. The maximum atomic E-state index is 13.5. The van der Waals surface area contributed by atoms with Gasteiger partial charge in [-0.05, 0) is 28.1 Å². The fraction of sp³-hybridized carbons (Fsp3) is 0. The molecule has 0 aliphatic rings. The molecule has 88 valence electrons. The van der Waals surface area contributed by atoms with Gasteiger partial charge in [-0.25, -0.2) is 8.78 Å². The Balaban J connectivity index is 2.37. The van der Waals surface area contributed by atoms with Crippen molar-refractivity contribution in [3.05, 3.63) is 46.7 Å². The molecule has 0 spiro atoms. The molecule has 0 radical (unpaired) electrons. The van der Waals surface area contributed by atoms with Crippen molar-refractivity contribution in [2.75, 3.05) is 11.1 Å². The Hall–Kier alpha value is -1.69. The average Bonchev–Trinajstić information content (AvgIpc) is 2.29. The van der Waals surface area contributed by atoms with Crippen LogP contribution in [-0.2, 0) is 0 Å². The SMILES string of the molecule is Nc1cnccc1Nc1cc(Br)c(F)cc1F. The molecule has 0 amide bonds. The van der Waals surface area contributed by atoms with Crippen LogP contribution in [0.5, 0.6) is 0 Å². The highest BCUT2D eigenvalue weighted by Gasteiger charge is 2.09. The smallest absolute Gasteiger partial charge is 0.149 e. The Bertz CT molecular complexity index is 560. The second-order valence-electron chi connectivity index (χ2n) is 3.33. The molecule has 1 aromatic carbocycles. The van der Waals surface area contributed by atoms with Crippen molar-refractivity contribution in [1.29, 1.82) is 0 Å². The molecule has 0 aliphatic carbocycles. The molecule has 3 N–H and O–H groups in total. The summed E-state index contributed by atoms with van der Waals surface area (Å²) in [4.78, 5) is 3.81. The molecule has 2 aromatic rings. The second kappa shape index (κ2) is 4.67. The van der Waals surface area contributed by atoms with Crippen LogP contribution in [0.25, 0.3) is 0 Å². The highest BCUT2D eigenvalue weighted by Crippen LogP contribution is 2.28. The summed E-state index contributed by atoms with van der Waals surface area (Å²) in [5, 5.41) is 2.77. The highest BCUT2D eigenvalue weighted by molar-refractivity contribution is 9.10. The lowest BCUT2D eigenvalue weighted by Gasteiger charge is -2.10. The lowest BCUT2D eigenvalue weighted by atomic mass is 10.2. The van der Waals surface area contributed by atoms with Crippen LogP contribution >= 0.6 is 15.9 Å². The number of pyridine rings is 1. The summed E-state index contributed by atoms with van der Waals surface area (Å²) in [6, 6.07) is 3.71. The third kappa shape index (κ3) is 2.52. The van der Waals surface area contributed by atoms with Gasteiger partial charge < -0.3 is 11.1 Å². The monoisotopic (exact) mass is 299 g/mol. The molecule has 3 nitrogen and oxygen atoms in total. The van der Waals surface area contributed by atoms with E-state index in [0.717, 1.165) is 6.07 Å². The van der Waals surface area contributed by atoms with Crippen LogP contribution in [0.15, 0.2) is 35.1 Å². The van der Waals surface area contributed by atoms with Crippen molar-refractivity contribution < 1.29 is 8.78 Å². The normalized spacial score (nSPS) is 10.3. The van der Waals surface area contributed by atoms with E-state index in [2.05, 4.69) is 26.2 Å². The zero-order chi connectivity index (χ0) is 12.4. The standard InChI is InChI=1S/C11H8BrF2N3/c12-6-3-11(8(14)4-7(6)13)17-10-1-2-16-5-9(10)15/h1-5H,15H2,(H,16,17). The minimum Gasteiger partial charge on any atom is -0.396 e. The van der Waals surface area contributed by atoms with Crippen molar-refractivity contribution >= 4 is 33.0 Å². The molecule has 0 aliphatic heterocycles. The van der Waals surface area contributed by atoms with Crippen LogP contribution in [0.3, 0.4) is 0 Å². The van der Waals surface area contributed by atoms with Crippen LogP contribution in [0.1, 0.15) is 0 Å². The van der Waals surface area contributed by atoms with Crippen LogP contribution in [0.4, 0.5) is 25.8 Å². The number of nitrogen functional groups attached to an aromatic ring is 1. The van der Waals surface area contributed by atoms with Gasteiger partial charge in [0.25, 0.3) is 0 Å². The number of nitrogens with zero attached hydrogens (tertiary/aromatic N) is 1. The van der Waals surface area contributed by atoms with Gasteiger partial charge in [0.1, 0.15) is 11.6 Å². The van der Waals surface area contributed by atoms with Gasteiger partial charge in [0.2, 0.25) is 0 Å². The van der Waals surface area contributed by atoms with Gasteiger partial charge in [-0.2, -0.15) is 0 Å². The number of benzene rings is 1. The Morgan fingerprint density at radius 1 is 1.18 bits per heavy atom. The van der Waals surface area contributed by atoms with E-state index in [-0.39, 0.29) is 10.2 Å². The Labute approximate surface area is 105 Å². The molecular formula is C11H8BrF2N3. The van der Waals surface area contributed by atoms with Gasteiger partial charge >= 0.3 is 0 Å². The van der Waals surface area contributed by atoms with Crippen molar-refractivity contribution in [1.82, 2.24) is 4.98 Å². The van der Waals surface area contributed by atoms with Crippen molar-refractivity contribution in [3.8, 4) is 0 Å². The van der Waals surface area contributed by atoms with E-state index in [1.54, 1.807) is 6.07 Å². The zero-order valence-corrected chi connectivity index (χ0v) is 10.1. The number of hydrogen-bond donors (Lipinski definition) is 2. The van der Waals surface area contributed by atoms with E-state index in [9.17, 15) is 8.78 Å². The third-order valence-electron chi connectivity index (χ3n) is 2.13. The number of halogens is 3. The fourth-order valence-electron chi connectivity index (χ4n) is 1.28. The average molecular weight is 300 g/mol. The minimum absolute atomic E-state index is 0.135. The first-order chi connectivity index (χ1) is 8.08. The molecule has 0 saturated heterocycles.